The van der Waals surface area contributed by atoms with E-state index >= 15 is 0 Å². The molecule has 3 nitrogen and oxygen atoms in total. The molecule has 0 spiro atoms. The average molecular weight is 365 g/mol. The van der Waals surface area contributed by atoms with E-state index in [2.05, 4.69) is 4.98 Å². The van der Waals surface area contributed by atoms with Gasteiger partial charge in [0.25, 0.3) is 0 Å². The van der Waals surface area contributed by atoms with E-state index in [1.807, 2.05) is 40.8 Å². The highest BCUT2D eigenvalue weighted by Gasteiger charge is 2.15. The van der Waals surface area contributed by atoms with Crippen molar-refractivity contribution in [3.8, 4) is 10.4 Å². The molecule has 6 heteroatoms. The maximum Gasteiger partial charge on any atom is 0.196 e. The predicted molar refractivity (Wildman–Crippen MR) is 73.6 cm³/mol. The molecule has 84 valence electrons. The van der Waals surface area contributed by atoms with Crippen molar-refractivity contribution in [1.82, 2.24) is 4.98 Å². The van der Waals surface area contributed by atoms with Gasteiger partial charge in [-0.25, -0.2) is 8.42 Å². The minimum Gasteiger partial charge on any atom is -0.265 e. The van der Waals surface area contributed by atoms with Gasteiger partial charge in [-0.3, -0.25) is 4.98 Å². The molecule has 0 N–H and O–H groups in total. The Hall–Kier alpha value is -0.470. The summed E-state index contributed by atoms with van der Waals surface area (Å²) < 4.78 is 23.8. The fraction of sp³-hybridized carbons (Fsp3) is 0.100. The minimum atomic E-state index is -3.10. The Kier molecular flexibility index (Phi) is 3.60. The molecule has 0 fully saturated rings. The zero-order chi connectivity index (χ0) is 11.6. The zero-order valence-corrected chi connectivity index (χ0v) is 11.9. The normalized spacial score (nSPS) is 11.6. The lowest BCUT2D eigenvalue weighted by atomic mass is 10.2. The second-order valence-electron chi connectivity index (χ2n) is 3.08. The third kappa shape index (κ3) is 2.44. The van der Waals surface area contributed by atoms with Gasteiger partial charge in [0.15, 0.2) is 9.84 Å². The fourth-order valence-electron chi connectivity index (χ4n) is 1.21. The van der Waals surface area contributed by atoms with Gasteiger partial charge in [-0.1, -0.05) is 22.6 Å². The summed E-state index contributed by atoms with van der Waals surface area (Å²) in [6.45, 7) is 0. The van der Waals surface area contributed by atoms with Gasteiger partial charge in [-0.2, -0.15) is 0 Å². The number of rotatable bonds is 3. The van der Waals surface area contributed by atoms with E-state index in [9.17, 15) is 8.42 Å². The van der Waals surface area contributed by atoms with Crippen LogP contribution in [0, 0.1) is 0 Å². The molecule has 0 aliphatic carbocycles. The first-order valence-corrected chi connectivity index (χ1v) is 8.42. The van der Waals surface area contributed by atoms with Crippen molar-refractivity contribution in [2.75, 3.05) is 3.76 Å². The molecule has 0 saturated heterocycles. The van der Waals surface area contributed by atoms with E-state index in [1.165, 1.54) is 11.3 Å². The van der Waals surface area contributed by atoms with Crippen molar-refractivity contribution in [3.05, 3.63) is 36.7 Å². The molecule has 2 rings (SSSR count). The third-order valence-electron chi connectivity index (χ3n) is 2.00. The molecule has 0 aromatic carbocycles. The van der Waals surface area contributed by atoms with Crippen molar-refractivity contribution in [2.45, 2.75) is 4.21 Å². The molecule has 0 unspecified atom stereocenters. The van der Waals surface area contributed by atoms with Crippen LogP contribution in [0.25, 0.3) is 10.4 Å². The van der Waals surface area contributed by atoms with E-state index in [0.29, 0.717) is 4.21 Å². The van der Waals surface area contributed by atoms with E-state index in [1.54, 1.807) is 18.5 Å². The Morgan fingerprint density at radius 1 is 1.19 bits per heavy atom. The molecule has 0 atom stereocenters. The Morgan fingerprint density at radius 3 is 2.50 bits per heavy atom. The van der Waals surface area contributed by atoms with Crippen LogP contribution >= 0.6 is 33.9 Å². The second kappa shape index (κ2) is 4.80. The molecule has 0 bridgehead atoms. The lowest BCUT2D eigenvalue weighted by Crippen LogP contribution is -1.97. The molecule has 0 saturated carbocycles. The van der Waals surface area contributed by atoms with Gasteiger partial charge in [0.2, 0.25) is 0 Å². The summed E-state index contributed by atoms with van der Waals surface area (Å²) in [5.74, 6) is 0. The van der Waals surface area contributed by atoms with Gasteiger partial charge in [0.1, 0.15) is 7.97 Å². The number of hydrogen-bond donors (Lipinski definition) is 0. The molecule has 0 aliphatic heterocycles. The first kappa shape index (κ1) is 12.0. The Labute approximate surface area is 112 Å². The minimum absolute atomic E-state index is 0.112. The highest BCUT2D eigenvalue weighted by Crippen LogP contribution is 2.31. The summed E-state index contributed by atoms with van der Waals surface area (Å²) in [4.78, 5) is 4.88. The van der Waals surface area contributed by atoms with Crippen molar-refractivity contribution < 1.29 is 8.42 Å². The van der Waals surface area contributed by atoms with Gasteiger partial charge in [-0.05, 0) is 29.8 Å². The molecular formula is C10H8INO2S2. The van der Waals surface area contributed by atoms with Gasteiger partial charge >= 0.3 is 0 Å². The van der Waals surface area contributed by atoms with Crippen LogP contribution < -0.4 is 0 Å². The SMILES string of the molecule is O=S(=O)(CI)c1ccc(-c2ccncc2)s1. The molecule has 0 amide bonds. The van der Waals surface area contributed by atoms with Gasteiger partial charge in [0, 0.05) is 17.3 Å². The fourth-order valence-corrected chi connectivity index (χ4v) is 4.93. The zero-order valence-electron chi connectivity index (χ0n) is 8.13. The largest absolute Gasteiger partial charge is 0.265 e. The maximum absolute atomic E-state index is 11.6. The van der Waals surface area contributed by atoms with E-state index < -0.39 is 9.84 Å². The summed E-state index contributed by atoms with van der Waals surface area (Å²) in [5, 5.41) is 0. The molecule has 0 radical (unpaired) electrons. The van der Waals surface area contributed by atoms with Crippen molar-refractivity contribution in [3.63, 3.8) is 0 Å². The standard InChI is InChI=1S/C10H8INO2S2/c11-7-16(13,14)10-2-1-9(15-10)8-3-5-12-6-4-8/h1-6H,7H2. The van der Waals surface area contributed by atoms with Gasteiger partial charge < -0.3 is 0 Å². The average Bonchev–Trinajstić information content (AvgIpc) is 2.80. The lowest BCUT2D eigenvalue weighted by molar-refractivity contribution is 0.603. The van der Waals surface area contributed by atoms with Crippen LogP contribution in [-0.2, 0) is 9.84 Å². The van der Waals surface area contributed by atoms with Crippen LogP contribution in [0.15, 0.2) is 40.9 Å². The number of hydrogen-bond acceptors (Lipinski definition) is 4. The number of halogens is 1. The smallest absolute Gasteiger partial charge is 0.196 e. The quantitative estimate of drug-likeness (QED) is 0.621. The van der Waals surface area contributed by atoms with Gasteiger partial charge in [-0.15, -0.1) is 11.3 Å². The van der Waals surface area contributed by atoms with E-state index in [-0.39, 0.29) is 3.76 Å². The molecule has 2 aromatic rings. The maximum atomic E-state index is 11.6. The number of alkyl halides is 1. The molecule has 2 aromatic heterocycles. The third-order valence-corrected chi connectivity index (χ3v) is 7.43. The number of pyridine rings is 1. The Balaban J connectivity index is 2.42. The van der Waals surface area contributed by atoms with Crippen LogP contribution in [-0.4, -0.2) is 17.2 Å². The van der Waals surface area contributed by atoms with Crippen molar-refractivity contribution in [2.24, 2.45) is 0 Å². The highest BCUT2D eigenvalue weighted by atomic mass is 127. The van der Waals surface area contributed by atoms with Crippen LogP contribution in [0.3, 0.4) is 0 Å². The Bertz CT molecular complexity index is 578. The molecular weight excluding hydrogens is 357 g/mol. The van der Waals surface area contributed by atoms with Crippen LogP contribution in [0.5, 0.6) is 0 Å². The van der Waals surface area contributed by atoms with Crippen molar-refractivity contribution in [1.29, 1.82) is 0 Å². The van der Waals surface area contributed by atoms with Crippen molar-refractivity contribution >= 4 is 43.8 Å². The summed E-state index contributed by atoms with van der Waals surface area (Å²) in [7, 11) is -3.10. The summed E-state index contributed by atoms with van der Waals surface area (Å²) in [5.41, 5.74) is 0.995. The lowest BCUT2D eigenvalue weighted by Gasteiger charge is -1.95. The van der Waals surface area contributed by atoms with Crippen LogP contribution in [0.2, 0.25) is 0 Å². The molecule has 16 heavy (non-hydrogen) atoms. The number of nitrogens with zero attached hydrogens (tertiary/aromatic N) is 1. The topological polar surface area (TPSA) is 47.0 Å². The van der Waals surface area contributed by atoms with E-state index in [0.717, 1.165) is 10.4 Å². The summed E-state index contributed by atoms with van der Waals surface area (Å²) in [6.07, 6.45) is 3.39. The van der Waals surface area contributed by atoms with Crippen LogP contribution in [0.4, 0.5) is 0 Å². The highest BCUT2D eigenvalue weighted by molar-refractivity contribution is 14.1. The first-order valence-electron chi connectivity index (χ1n) is 4.42. The molecule has 2 heterocycles. The number of sulfone groups is 1. The number of thiophene rings is 1. The Morgan fingerprint density at radius 2 is 1.88 bits per heavy atom. The monoisotopic (exact) mass is 365 g/mol. The first-order chi connectivity index (χ1) is 7.63. The molecule has 0 aliphatic rings. The van der Waals surface area contributed by atoms with E-state index in [4.69, 9.17) is 0 Å². The summed E-state index contributed by atoms with van der Waals surface area (Å²) >= 11 is 3.16. The van der Waals surface area contributed by atoms with Gasteiger partial charge in [0.05, 0.1) is 0 Å². The predicted octanol–water partition coefficient (Wildman–Crippen LogP) is 2.98. The van der Waals surface area contributed by atoms with Crippen LogP contribution in [0.1, 0.15) is 0 Å². The second-order valence-corrected chi connectivity index (χ2v) is 8.18. The summed E-state index contributed by atoms with van der Waals surface area (Å²) in [6, 6.07) is 7.23. The number of aromatic nitrogens is 1.